The number of rotatable bonds is 6. The summed E-state index contributed by atoms with van der Waals surface area (Å²) in [4.78, 5) is 24.7. The van der Waals surface area contributed by atoms with Crippen molar-refractivity contribution in [2.75, 3.05) is 32.2 Å². The van der Waals surface area contributed by atoms with Crippen molar-refractivity contribution in [1.82, 2.24) is 9.78 Å². The number of hydrogen-bond acceptors (Lipinski definition) is 7. The minimum absolute atomic E-state index is 0.135. The number of carbonyl (C=O) groups excluding carboxylic acids is 2. The van der Waals surface area contributed by atoms with Crippen LogP contribution < -0.4 is 10.6 Å². The summed E-state index contributed by atoms with van der Waals surface area (Å²) in [5.74, 6) is -0.547. The van der Waals surface area contributed by atoms with Crippen LogP contribution in [0.15, 0.2) is 0 Å². The smallest absolute Gasteiger partial charge is 0.325 e. The zero-order chi connectivity index (χ0) is 16.2. The molecular formula is C12H18N4O4S. The van der Waals surface area contributed by atoms with Gasteiger partial charge in [-0.05, 0) is 6.92 Å². The van der Waals surface area contributed by atoms with Crippen molar-refractivity contribution in [2.45, 2.75) is 6.92 Å². The Bertz CT molecular complexity index is 552. The highest BCUT2D eigenvalue weighted by Gasteiger charge is 2.25. The van der Waals surface area contributed by atoms with Crippen molar-refractivity contribution in [3.63, 3.8) is 0 Å². The SMILES string of the molecule is COC(=O)CN(CC(=O)OC)c1c(C(N)=S)c(C)nn1C. The third kappa shape index (κ3) is 3.91. The Morgan fingerprint density at radius 2 is 1.76 bits per heavy atom. The number of nitrogens with two attached hydrogens (primary N) is 1. The molecule has 116 valence electrons. The molecule has 0 fully saturated rings. The van der Waals surface area contributed by atoms with Gasteiger partial charge in [-0.25, -0.2) is 0 Å². The Morgan fingerprint density at radius 3 is 2.14 bits per heavy atom. The van der Waals surface area contributed by atoms with Crippen LogP contribution in [0.25, 0.3) is 0 Å². The lowest BCUT2D eigenvalue weighted by atomic mass is 10.2. The highest BCUT2D eigenvalue weighted by atomic mass is 32.1. The van der Waals surface area contributed by atoms with Crippen molar-refractivity contribution >= 4 is 35.0 Å². The summed E-state index contributed by atoms with van der Waals surface area (Å²) in [7, 11) is 4.20. The van der Waals surface area contributed by atoms with E-state index < -0.39 is 11.9 Å². The van der Waals surface area contributed by atoms with Gasteiger partial charge in [0.2, 0.25) is 0 Å². The second-order valence-electron chi connectivity index (χ2n) is 4.28. The van der Waals surface area contributed by atoms with Crippen molar-refractivity contribution in [2.24, 2.45) is 12.8 Å². The van der Waals surface area contributed by atoms with E-state index >= 15 is 0 Å². The summed E-state index contributed by atoms with van der Waals surface area (Å²) >= 11 is 5.02. The summed E-state index contributed by atoms with van der Waals surface area (Å²) in [6.07, 6.45) is 0. The highest BCUT2D eigenvalue weighted by molar-refractivity contribution is 7.80. The second-order valence-corrected chi connectivity index (χ2v) is 4.72. The van der Waals surface area contributed by atoms with E-state index in [1.165, 1.54) is 23.8 Å². The first-order chi connectivity index (χ1) is 9.81. The van der Waals surface area contributed by atoms with Crippen LogP contribution in [0.4, 0.5) is 5.82 Å². The molecule has 1 aromatic heterocycles. The maximum absolute atomic E-state index is 11.6. The van der Waals surface area contributed by atoms with Crippen LogP contribution in [0.3, 0.4) is 0 Å². The second kappa shape index (κ2) is 7.02. The summed E-state index contributed by atoms with van der Waals surface area (Å²) in [6.45, 7) is 1.44. The Morgan fingerprint density at radius 1 is 1.29 bits per heavy atom. The van der Waals surface area contributed by atoms with E-state index in [1.54, 1.807) is 14.0 Å². The normalized spacial score (nSPS) is 10.1. The number of ether oxygens (including phenoxy) is 2. The molecule has 0 unspecified atom stereocenters. The van der Waals surface area contributed by atoms with E-state index in [1.807, 2.05) is 0 Å². The van der Waals surface area contributed by atoms with Crippen molar-refractivity contribution < 1.29 is 19.1 Å². The lowest BCUT2D eigenvalue weighted by Crippen LogP contribution is -2.38. The van der Waals surface area contributed by atoms with Crippen LogP contribution in [-0.4, -0.2) is 54.0 Å². The molecule has 0 atom stereocenters. The van der Waals surface area contributed by atoms with Crippen LogP contribution in [0, 0.1) is 6.92 Å². The van der Waals surface area contributed by atoms with Crippen LogP contribution in [0.1, 0.15) is 11.3 Å². The van der Waals surface area contributed by atoms with Gasteiger partial charge >= 0.3 is 11.9 Å². The summed E-state index contributed by atoms with van der Waals surface area (Å²) in [5.41, 5.74) is 6.84. The molecule has 0 saturated heterocycles. The molecule has 8 nitrogen and oxygen atoms in total. The molecule has 0 aromatic carbocycles. The van der Waals surface area contributed by atoms with Crippen molar-refractivity contribution in [1.29, 1.82) is 0 Å². The molecule has 0 bridgehead atoms. The van der Waals surface area contributed by atoms with E-state index in [0.29, 0.717) is 17.1 Å². The fourth-order valence-electron chi connectivity index (χ4n) is 1.94. The molecule has 0 aliphatic rings. The van der Waals surface area contributed by atoms with Gasteiger partial charge in [-0.1, -0.05) is 12.2 Å². The van der Waals surface area contributed by atoms with Gasteiger partial charge in [-0.2, -0.15) is 5.10 Å². The molecule has 1 heterocycles. The standard InChI is InChI=1S/C12H18N4O4S/c1-7-10(11(13)21)12(15(2)14-7)16(5-8(17)19-3)6-9(18)20-4/h5-6H2,1-4H3,(H2,13,21). The quantitative estimate of drug-likeness (QED) is 0.555. The molecular weight excluding hydrogens is 296 g/mol. The molecule has 9 heteroatoms. The first-order valence-electron chi connectivity index (χ1n) is 6.03. The molecule has 0 amide bonds. The van der Waals surface area contributed by atoms with Crippen LogP contribution in [0.5, 0.6) is 0 Å². The largest absolute Gasteiger partial charge is 0.468 e. The average molecular weight is 314 g/mol. The first-order valence-corrected chi connectivity index (χ1v) is 6.44. The van der Waals surface area contributed by atoms with E-state index in [9.17, 15) is 9.59 Å². The molecule has 0 saturated carbocycles. The van der Waals surface area contributed by atoms with Crippen LogP contribution in [-0.2, 0) is 26.1 Å². The zero-order valence-electron chi connectivity index (χ0n) is 12.4. The van der Waals surface area contributed by atoms with Gasteiger partial charge < -0.3 is 20.1 Å². The fourth-order valence-corrected chi connectivity index (χ4v) is 2.18. The molecule has 2 N–H and O–H groups in total. The topological polar surface area (TPSA) is 99.7 Å². The number of hydrogen-bond donors (Lipinski definition) is 1. The Labute approximate surface area is 127 Å². The fraction of sp³-hybridized carbons (Fsp3) is 0.500. The number of carbonyl (C=O) groups is 2. The molecule has 1 aromatic rings. The zero-order valence-corrected chi connectivity index (χ0v) is 13.2. The molecule has 0 radical (unpaired) electrons. The lowest BCUT2D eigenvalue weighted by Gasteiger charge is -2.23. The molecule has 21 heavy (non-hydrogen) atoms. The first kappa shape index (κ1) is 16.9. The maximum Gasteiger partial charge on any atom is 0.325 e. The number of thiocarbonyl (C=S) groups is 1. The Balaban J connectivity index is 3.27. The van der Waals surface area contributed by atoms with Gasteiger partial charge in [0.1, 0.15) is 23.9 Å². The minimum Gasteiger partial charge on any atom is -0.468 e. The average Bonchev–Trinajstić information content (AvgIpc) is 2.72. The van der Waals surface area contributed by atoms with Crippen molar-refractivity contribution in [3.05, 3.63) is 11.3 Å². The molecule has 0 aliphatic heterocycles. The molecule has 0 spiro atoms. The third-order valence-electron chi connectivity index (χ3n) is 2.83. The predicted octanol–water partition coefficient (Wildman–Crippen LogP) is -0.485. The number of anilines is 1. The van der Waals surface area contributed by atoms with Gasteiger partial charge in [0.25, 0.3) is 0 Å². The van der Waals surface area contributed by atoms with E-state index in [2.05, 4.69) is 14.6 Å². The number of methoxy groups -OCH3 is 2. The van der Waals surface area contributed by atoms with Crippen molar-refractivity contribution in [3.8, 4) is 0 Å². The van der Waals surface area contributed by atoms with Gasteiger partial charge in [0.05, 0.1) is 25.5 Å². The molecule has 0 aliphatic carbocycles. The van der Waals surface area contributed by atoms with Gasteiger partial charge in [0, 0.05) is 7.05 Å². The monoisotopic (exact) mass is 314 g/mol. The summed E-state index contributed by atoms with van der Waals surface area (Å²) in [5, 5.41) is 4.22. The lowest BCUT2D eigenvalue weighted by molar-refractivity contribution is -0.140. The number of aryl methyl sites for hydroxylation is 2. The Kier molecular flexibility index (Phi) is 5.65. The third-order valence-corrected chi connectivity index (χ3v) is 3.04. The maximum atomic E-state index is 11.6. The predicted molar refractivity (Wildman–Crippen MR) is 80.1 cm³/mol. The summed E-state index contributed by atoms with van der Waals surface area (Å²) in [6, 6.07) is 0. The van der Waals surface area contributed by atoms with Gasteiger partial charge in [-0.3, -0.25) is 14.3 Å². The molecule has 1 rings (SSSR count). The van der Waals surface area contributed by atoms with Crippen LogP contribution >= 0.6 is 12.2 Å². The van der Waals surface area contributed by atoms with E-state index in [4.69, 9.17) is 18.0 Å². The summed E-state index contributed by atoms with van der Waals surface area (Å²) < 4.78 is 10.8. The minimum atomic E-state index is -0.508. The number of nitrogens with zero attached hydrogens (tertiary/aromatic N) is 3. The number of aromatic nitrogens is 2. The van der Waals surface area contributed by atoms with E-state index in [-0.39, 0.29) is 18.1 Å². The Hall–Kier alpha value is -2.16. The van der Waals surface area contributed by atoms with Crippen LogP contribution in [0.2, 0.25) is 0 Å². The van der Waals surface area contributed by atoms with E-state index in [0.717, 1.165) is 0 Å². The van der Waals surface area contributed by atoms with Gasteiger partial charge in [0.15, 0.2) is 0 Å². The van der Waals surface area contributed by atoms with Gasteiger partial charge in [-0.15, -0.1) is 0 Å². The number of esters is 2. The highest BCUT2D eigenvalue weighted by Crippen LogP contribution is 2.23.